The molecule has 142 valence electrons. The molecule has 2 amide bonds. The van der Waals surface area contributed by atoms with Gasteiger partial charge in [0.25, 0.3) is 5.91 Å². The Labute approximate surface area is 155 Å². The van der Waals surface area contributed by atoms with Crippen LogP contribution in [0.2, 0.25) is 0 Å². The highest BCUT2D eigenvalue weighted by Gasteiger charge is 2.52. The van der Waals surface area contributed by atoms with Crippen LogP contribution in [0.25, 0.3) is 0 Å². The van der Waals surface area contributed by atoms with E-state index in [4.69, 9.17) is 9.47 Å². The lowest BCUT2D eigenvalue weighted by atomic mass is 9.85. The lowest BCUT2D eigenvalue weighted by molar-refractivity contribution is -0.156. The van der Waals surface area contributed by atoms with E-state index in [1.165, 1.54) is 0 Å². The Bertz CT molecular complexity index is 663. The van der Waals surface area contributed by atoms with Gasteiger partial charge in [-0.2, -0.15) is 0 Å². The maximum atomic E-state index is 13.1. The molecule has 2 aliphatic rings. The first-order valence-electron chi connectivity index (χ1n) is 9.36. The molecule has 2 heterocycles. The molecule has 0 aromatic heterocycles. The zero-order chi connectivity index (χ0) is 18.6. The van der Waals surface area contributed by atoms with Gasteiger partial charge in [0.05, 0.1) is 6.61 Å². The normalized spacial score (nSPS) is 22.9. The summed E-state index contributed by atoms with van der Waals surface area (Å²) >= 11 is 0. The summed E-state index contributed by atoms with van der Waals surface area (Å²) in [7, 11) is 1.64. The third-order valence-corrected chi connectivity index (χ3v) is 5.50. The van der Waals surface area contributed by atoms with Gasteiger partial charge in [-0.15, -0.1) is 0 Å². The highest BCUT2D eigenvalue weighted by Crippen LogP contribution is 2.38. The molecule has 26 heavy (non-hydrogen) atoms. The molecule has 6 nitrogen and oxygen atoms in total. The van der Waals surface area contributed by atoms with Gasteiger partial charge in [0, 0.05) is 26.7 Å². The molecule has 0 N–H and O–H groups in total. The molecule has 2 saturated heterocycles. The maximum absolute atomic E-state index is 13.1. The van der Waals surface area contributed by atoms with Crippen LogP contribution in [0.3, 0.4) is 0 Å². The van der Waals surface area contributed by atoms with E-state index < -0.39 is 5.54 Å². The predicted molar refractivity (Wildman–Crippen MR) is 98.0 cm³/mol. The van der Waals surface area contributed by atoms with Crippen LogP contribution in [0.1, 0.15) is 31.2 Å². The smallest absolute Gasteiger partial charge is 0.261 e. The van der Waals surface area contributed by atoms with Crippen LogP contribution < -0.4 is 4.74 Å². The number of piperidine rings is 1. The largest absolute Gasteiger partial charge is 0.484 e. The number of hydrogen-bond donors (Lipinski definition) is 0. The molecule has 6 heteroatoms. The summed E-state index contributed by atoms with van der Waals surface area (Å²) in [5.41, 5.74) is 0.314. The average Bonchev–Trinajstić information content (AvgIpc) is 3.07. The SMILES string of the molecule is COCCN1CCCC2(CCCN2C(=O)COc2ccccc2C)C1=O. The van der Waals surface area contributed by atoms with E-state index in [0.717, 1.165) is 37.8 Å². The van der Waals surface area contributed by atoms with Gasteiger partial charge in [0.2, 0.25) is 5.91 Å². The summed E-state index contributed by atoms with van der Waals surface area (Å²) < 4.78 is 10.9. The first-order chi connectivity index (χ1) is 12.6. The van der Waals surface area contributed by atoms with Crippen LogP contribution >= 0.6 is 0 Å². The van der Waals surface area contributed by atoms with Crippen molar-refractivity contribution in [2.24, 2.45) is 0 Å². The van der Waals surface area contributed by atoms with Crippen molar-refractivity contribution in [1.82, 2.24) is 9.80 Å². The Morgan fingerprint density at radius 3 is 2.65 bits per heavy atom. The maximum Gasteiger partial charge on any atom is 0.261 e. The number of likely N-dealkylation sites (tertiary alicyclic amines) is 2. The molecule has 0 radical (unpaired) electrons. The lowest BCUT2D eigenvalue weighted by Gasteiger charge is -2.44. The van der Waals surface area contributed by atoms with Crippen molar-refractivity contribution in [1.29, 1.82) is 0 Å². The standard InChI is InChI=1S/C20H28N2O4/c1-16-7-3-4-8-17(16)26-15-18(23)22-12-6-10-20(22)9-5-11-21(19(20)24)13-14-25-2/h3-4,7-8H,5-6,9-15H2,1-2H3. The van der Waals surface area contributed by atoms with Crippen molar-refractivity contribution in [3.63, 3.8) is 0 Å². The quantitative estimate of drug-likeness (QED) is 0.779. The minimum Gasteiger partial charge on any atom is -0.484 e. The third kappa shape index (κ3) is 3.56. The zero-order valence-electron chi connectivity index (χ0n) is 15.7. The minimum atomic E-state index is -0.682. The molecule has 1 aromatic carbocycles. The zero-order valence-corrected chi connectivity index (χ0v) is 15.7. The van der Waals surface area contributed by atoms with Crippen LogP contribution in [0.15, 0.2) is 24.3 Å². The topological polar surface area (TPSA) is 59.1 Å². The van der Waals surface area contributed by atoms with Crippen LogP contribution in [-0.2, 0) is 14.3 Å². The summed E-state index contributed by atoms with van der Waals surface area (Å²) in [4.78, 5) is 29.6. The number of amides is 2. The first kappa shape index (κ1) is 18.7. The summed E-state index contributed by atoms with van der Waals surface area (Å²) in [5, 5.41) is 0. The van der Waals surface area contributed by atoms with E-state index in [1.807, 2.05) is 36.1 Å². The van der Waals surface area contributed by atoms with E-state index in [-0.39, 0.29) is 18.4 Å². The number of carbonyl (C=O) groups is 2. The van der Waals surface area contributed by atoms with E-state index in [0.29, 0.717) is 25.4 Å². The Hall–Kier alpha value is -2.08. The lowest BCUT2D eigenvalue weighted by Crippen LogP contribution is -2.62. The number of aryl methyl sites for hydroxylation is 1. The van der Waals surface area contributed by atoms with Crippen LogP contribution in [0.5, 0.6) is 5.75 Å². The fraction of sp³-hybridized carbons (Fsp3) is 0.600. The monoisotopic (exact) mass is 360 g/mol. The summed E-state index contributed by atoms with van der Waals surface area (Å²) in [6.45, 7) is 4.39. The van der Waals surface area contributed by atoms with Crippen LogP contribution in [0, 0.1) is 6.92 Å². The summed E-state index contributed by atoms with van der Waals surface area (Å²) in [6, 6.07) is 7.65. The molecular weight excluding hydrogens is 332 g/mol. The molecule has 0 aliphatic carbocycles. The van der Waals surface area contributed by atoms with Gasteiger partial charge in [-0.3, -0.25) is 9.59 Å². The van der Waals surface area contributed by atoms with Crippen molar-refractivity contribution in [3.05, 3.63) is 29.8 Å². The van der Waals surface area contributed by atoms with Crippen LogP contribution in [-0.4, -0.2) is 67.1 Å². The van der Waals surface area contributed by atoms with Gasteiger partial charge < -0.3 is 19.3 Å². The Morgan fingerprint density at radius 1 is 1.19 bits per heavy atom. The molecule has 0 bridgehead atoms. The second-order valence-electron chi connectivity index (χ2n) is 7.12. The van der Waals surface area contributed by atoms with Crippen molar-refractivity contribution >= 4 is 11.8 Å². The molecule has 2 aliphatic heterocycles. The number of hydrogen-bond acceptors (Lipinski definition) is 4. The highest BCUT2D eigenvalue weighted by atomic mass is 16.5. The number of para-hydroxylation sites is 1. The fourth-order valence-electron chi connectivity index (χ4n) is 4.14. The van der Waals surface area contributed by atoms with E-state index in [1.54, 1.807) is 12.0 Å². The van der Waals surface area contributed by atoms with Crippen molar-refractivity contribution < 1.29 is 19.1 Å². The molecule has 2 fully saturated rings. The second-order valence-corrected chi connectivity index (χ2v) is 7.12. The van der Waals surface area contributed by atoms with Gasteiger partial charge in [-0.05, 0) is 44.2 Å². The number of rotatable bonds is 6. The molecule has 1 atom stereocenters. The van der Waals surface area contributed by atoms with Crippen molar-refractivity contribution in [3.8, 4) is 5.75 Å². The predicted octanol–water partition coefficient (Wildman–Crippen LogP) is 2.00. The Kier molecular flexibility index (Phi) is 5.81. The fourth-order valence-corrected chi connectivity index (χ4v) is 4.14. The van der Waals surface area contributed by atoms with Gasteiger partial charge in [0.1, 0.15) is 11.3 Å². The summed E-state index contributed by atoms with van der Waals surface area (Å²) in [5.74, 6) is 0.682. The first-order valence-corrected chi connectivity index (χ1v) is 9.36. The second kappa shape index (κ2) is 8.08. The number of methoxy groups -OCH3 is 1. The van der Waals surface area contributed by atoms with Gasteiger partial charge in [0.15, 0.2) is 6.61 Å². The number of nitrogens with zero attached hydrogens (tertiary/aromatic N) is 2. The molecule has 1 aromatic rings. The van der Waals surface area contributed by atoms with E-state index in [2.05, 4.69) is 0 Å². The van der Waals surface area contributed by atoms with E-state index >= 15 is 0 Å². The molecular formula is C20H28N2O4. The average molecular weight is 360 g/mol. The molecule has 1 unspecified atom stereocenters. The van der Waals surface area contributed by atoms with Gasteiger partial charge >= 0.3 is 0 Å². The number of carbonyl (C=O) groups excluding carboxylic acids is 2. The highest BCUT2D eigenvalue weighted by molar-refractivity contribution is 5.93. The third-order valence-electron chi connectivity index (χ3n) is 5.50. The minimum absolute atomic E-state index is 0.0298. The number of benzene rings is 1. The van der Waals surface area contributed by atoms with Crippen molar-refractivity contribution in [2.45, 2.75) is 38.1 Å². The Balaban J connectivity index is 1.69. The van der Waals surface area contributed by atoms with E-state index in [9.17, 15) is 9.59 Å². The molecule has 0 saturated carbocycles. The molecule has 1 spiro atoms. The Morgan fingerprint density at radius 2 is 1.92 bits per heavy atom. The van der Waals surface area contributed by atoms with Gasteiger partial charge in [-0.25, -0.2) is 0 Å². The number of ether oxygens (including phenoxy) is 2. The molecule has 3 rings (SSSR count). The van der Waals surface area contributed by atoms with Gasteiger partial charge in [-0.1, -0.05) is 18.2 Å². The van der Waals surface area contributed by atoms with Crippen molar-refractivity contribution in [2.75, 3.05) is 40.0 Å². The van der Waals surface area contributed by atoms with Crippen LogP contribution in [0.4, 0.5) is 0 Å². The summed E-state index contributed by atoms with van der Waals surface area (Å²) in [6.07, 6.45) is 3.26.